The molecule has 148 valence electrons. The van der Waals surface area contributed by atoms with Crippen molar-refractivity contribution in [1.29, 1.82) is 0 Å². The molecule has 0 atom stereocenters. The van der Waals surface area contributed by atoms with Crippen molar-refractivity contribution in [1.82, 2.24) is 4.98 Å². The van der Waals surface area contributed by atoms with Crippen molar-refractivity contribution in [3.05, 3.63) is 78.1 Å². The van der Waals surface area contributed by atoms with Gasteiger partial charge >= 0.3 is 0 Å². The maximum atomic E-state index is 12.4. The Balaban J connectivity index is 1.60. The maximum Gasteiger partial charge on any atom is 0.274 e. The first kappa shape index (κ1) is 20.1. The molecule has 3 aromatic rings. The Kier molecular flexibility index (Phi) is 6.24. The van der Waals surface area contributed by atoms with Crippen molar-refractivity contribution in [2.75, 3.05) is 16.0 Å². The number of nitrogens with one attached hydrogen (secondary N) is 3. The van der Waals surface area contributed by atoms with Crippen LogP contribution >= 0.6 is 0 Å². The molecule has 0 radical (unpaired) electrons. The molecule has 6 nitrogen and oxygen atoms in total. The predicted octanol–water partition coefficient (Wildman–Crippen LogP) is 5.16. The Morgan fingerprint density at radius 1 is 0.759 bits per heavy atom. The molecule has 0 fully saturated rings. The summed E-state index contributed by atoms with van der Waals surface area (Å²) in [4.78, 5) is 27.7. The van der Waals surface area contributed by atoms with E-state index in [2.05, 4.69) is 34.8 Å². The minimum atomic E-state index is -0.256. The normalized spacial score (nSPS) is 10.5. The van der Waals surface area contributed by atoms with Gasteiger partial charge in [0, 0.05) is 24.0 Å². The summed E-state index contributed by atoms with van der Waals surface area (Å²) in [6.45, 7) is 5.73. The van der Waals surface area contributed by atoms with Gasteiger partial charge in [-0.25, -0.2) is 4.98 Å². The fraction of sp³-hybridized carbons (Fsp3) is 0.174. The van der Waals surface area contributed by atoms with E-state index < -0.39 is 0 Å². The Hall–Kier alpha value is -3.67. The summed E-state index contributed by atoms with van der Waals surface area (Å²) in [6, 6.07) is 18.6. The molecule has 3 N–H and O–H groups in total. The van der Waals surface area contributed by atoms with E-state index in [9.17, 15) is 9.59 Å². The summed E-state index contributed by atoms with van der Waals surface area (Å²) in [7, 11) is 0. The van der Waals surface area contributed by atoms with Gasteiger partial charge in [-0.15, -0.1) is 0 Å². The van der Waals surface area contributed by atoms with Crippen molar-refractivity contribution < 1.29 is 9.59 Å². The standard InChI is InChI=1S/C23H24N4O2/c1-15(2)17-4-6-20(7-5-17)27-23(29)22-13-12-21(14-24-22)26-19-10-8-18(9-11-19)25-16(3)28/h4-15,26H,1-3H3,(H,25,28)(H,27,29). The highest BCUT2D eigenvalue weighted by molar-refractivity contribution is 6.03. The van der Waals surface area contributed by atoms with E-state index in [-0.39, 0.29) is 11.8 Å². The first-order valence-electron chi connectivity index (χ1n) is 9.43. The van der Waals surface area contributed by atoms with Gasteiger partial charge in [0.25, 0.3) is 5.91 Å². The lowest BCUT2D eigenvalue weighted by Gasteiger charge is -2.10. The number of anilines is 4. The Morgan fingerprint density at radius 3 is 1.86 bits per heavy atom. The number of nitrogens with zero attached hydrogens (tertiary/aromatic N) is 1. The summed E-state index contributed by atoms with van der Waals surface area (Å²) < 4.78 is 0. The lowest BCUT2D eigenvalue weighted by Crippen LogP contribution is -2.13. The number of carbonyl (C=O) groups excluding carboxylic acids is 2. The topological polar surface area (TPSA) is 83.1 Å². The minimum absolute atomic E-state index is 0.111. The van der Waals surface area contributed by atoms with Crippen LogP contribution in [0.2, 0.25) is 0 Å². The highest BCUT2D eigenvalue weighted by Crippen LogP contribution is 2.20. The molecular weight excluding hydrogens is 364 g/mol. The second-order valence-corrected chi connectivity index (χ2v) is 7.05. The third kappa shape index (κ3) is 5.65. The van der Waals surface area contributed by atoms with Crippen LogP contribution in [0.3, 0.4) is 0 Å². The molecule has 2 amide bonds. The molecule has 1 heterocycles. The second kappa shape index (κ2) is 9.01. The zero-order chi connectivity index (χ0) is 20.8. The van der Waals surface area contributed by atoms with Crippen LogP contribution in [-0.4, -0.2) is 16.8 Å². The number of aromatic nitrogens is 1. The number of hydrogen-bond acceptors (Lipinski definition) is 4. The first-order chi connectivity index (χ1) is 13.9. The molecule has 3 rings (SSSR count). The summed E-state index contributed by atoms with van der Waals surface area (Å²) in [5, 5.41) is 8.79. The molecule has 2 aromatic carbocycles. The van der Waals surface area contributed by atoms with E-state index in [0.29, 0.717) is 11.6 Å². The zero-order valence-corrected chi connectivity index (χ0v) is 16.7. The first-order valence-corrected chi connectivity index (χ1v) is 9.43. The Labute approximate surface area is 170 Å². The molecule has 0 aliphatic rings. The molecule has 0 aliphatic heterocycles. The number of amides is 2. The van der Waals surface area contributed by atoms with Gasteiger partial charge in [-0.05, 0) is 60.0 Å². The van der Waals surface area contributed by atoms with E-state index in [1.165, 1.54) is 12.5 Å². The molecular formula is C23H24N4O2. The number of carbonyl (C=O) groups is 2. The van der Waals surface area contributed by atoms with Gasteiger partial charge in [-0.1, -0.05) is 26.0 Å². The van der Waals surface area contributed by atoms with Gasteiger partial charge < -0.3 is 16.0 Å². The summed E-state index contributed by atoms with van der Waals surface area (Å²) in [5.41, 5.74) is 4.64. The van der Waals surface area contributed by atoms with Gasteiger partial charge in [0.15, 0.2) is 0 Å². The van der Waals surface area contributed by atoms with Gasteiger partial charge in [-0.3, -0.25) is 9.59 Å². The number of benzene rings is 2. The maximum absolute atomic E-state index is 12.4. The quantitative estimate of drug-likeness (QED) is 0.545. The van der Waals surface area contributed by atoms with E-state index in [4.69, 9.17) is 0 Å². The minimum Gasteiger partial charge on any atom is -0.354 e. The van der Waals surface area contributed by atoms with Gasteiger partial charge in [0.2, 0.25) is 5.91 Å². The largest absolute Gasteiger partial charge is 0.354 e. The summed E-state index contributed by atoms with van der Waals surface area (Å²) in [5.74, 6) is 0.0798. The fourth-order valence-corrected chi connectivity index (χ4v) is 2.76. The lowest BCUT2D eigenvalue weighted by atomic mass is 10.0. The highest BCUT2D eigenvalue weighted by atomic mass is 16.2. The number of hydrogen-bond donors (Lipinski definition) is 3. The van der Waals surface area contributed by atoms with Crippen LogP contribution in [0.25, 0.3) is 0 Å². The molecule has 0 spiro atoms. The van der Waals surface area contributed by atoms with Crippen LogP contribution in [0.1, 0.15) is 42.7 Å². The van der Waals surface area contributed by atoms with Crippen LogP contribution < -0.4 is 16.0 Å². The second-order valence-electron chi connectivity index (χ2n) is 7.05. The van der Waals surface area contributed by atoms with Crippen molar-refractivity contribution in [3.63, 3.8) is 0 Å². The van der Waals surface area contributed by atoms with Crippen molar-refractivity contribution >= 4 is 34.6 Å². The summed E-state index contributed by atoms with van der Waals surface area (Å²) >= 11 is 0. The molecule has 0 unspecified atom stereocenters. The summed E-state index contributed by atoms with van der Waals surface area (Å²) in [6.07, 6.45) is 1.61. The lowest BCUT2D eigenvalue weighted by molar-refractivity contribution is -0.114. The molecule has 0 bridgehead atoms. The third-order valence-electron chi connectivity index (χ3n) is 4.33. The van der Waals surface area contributed by atoms with Crippen LogP contribution in [-0.2, 0) is 4.79 Å². The number of rotatable bonds is 6. The SMILES string of the molecule is CC(=O)Nc1ccc(Nc2ccc(C(=O)Nc3ccc(C(C)C)cc3)nc2)cc1. The van der Waals surface area contributed by atoms with Gasteiger partial charge in [-0.2, -0.15) is 0 Å². The van der Waals surface area contributed by atoms with Crippen molar-refractivity contribution in [3.8, 4) is 0 Å². The van der Waals surface area contributed by atoms with Crippen LogP contribution in [0, 0.1) is 0 Å². The zero-order valence-electron chi connectivity index (χ0n) is 16.7. The van der Waals surface area contributed by atoms with E-state index >= 15 is 0 Å². The molecule has 0 saturated carbocycles. The van der Waals surface area contributed by atoms with Crippen molar-refractivity contribution in [2.45, 2.75) is 26.7 Å². The predicted molar refractivity (Wildman–Crippen MR) is 117 cm³/mol. The van der Waals surface area contributed by atoms with Crippen molar-refractivity contribution in [2.24, 2.45) is 0 Å². The van der Waals surface area contributed by atoms with E-state index in [1.54, 1.807) is 18.3 Å². The Morgan fingerprint density at radius 2 is 1.31 bits per heavy atom. The van der Waals surface area contributed by atoms with E-state index in [0.717, 1.165) is 22.7 Å². The highest BCUT2D eigenvalue weighted by Gasteiger charge is 2.08. The van der Waals surface area contributed by atoms with Crippen LogP contribution in [0.15, 0.2) is 66.9 Å². The number of pyridine rings is 1. The average Bonchev–Trinajstić information content (AvgIpc) is 2.70. The van der Waals surface area contributed by atoms with Gasteiger partial charge in [0.05, 0.1) is 11.9 Å². The third-order valence-corrected chi connectivity index (χ3v) is 4.33. The van der Waals surface area contributed by atoms with Crippen LogP contribution in [0.4, 0.5) is 22.7 Å². The molecule has 6 heteroatoms. The molecule has 29 heavy (non-hydrogen) atoms. The fourth-order valence-electron chi connectivity index (χ4n) is 2.76. The van der Waals surface area contributed by atoms with Crippen LogP contribution in [0.5, 0.6) is 0 Å². The molecule has 1 aromatic heterocycles. The molecule has 0 aliphatic carbocycles. The Bertz CT molecular complexity index is 979. The smallest absolute Gasteiger partial charge is 0.274 e. The average molecular weight is 388 g/mol. The monoisotopic (exact) mass is 388 g/mol. The van der Waals surface area contributed by atoms with E-state index in [1.807, 2.05) is 48.5 Å². The van der Waals surface area contributed by atoms with Gasteiger partial charge in [0.1, 0.15) is 5.69 Å². The molecule has 0 saturated heterocycles.